The smallest absolute Gasteiger partial charge is 0.165 e. The molecule has 2 unspecified atom stereocenters. The van der Waals surface area contributed by atoms with Crippen LogP contribution >= 0.6 is 0 Å². The van der Waals surface area contributed by atoms with Gasteiger partial charge in [0.15, 0.2) is 17.3 Å². The van der Waals surface area contributed by atoms with Gasteiger partial charge in [0.1, 0.15) is 0 Å². The number of fused-ring (bicyclic) bond motifs is 1. The third-order valence-corrected chi connectivity index (χ3v) is 5.86. The van der Waals surface area contributed by atoms with Crippen molar-refractivity contribution in [1.82, 2.24) is 4.90 Å². The van der Waals surface area contributed by atoms with Crippen LogP contribution in [0.5, 0.6) is 11.5 Å². The lowest BCUT2D eigenvalue weighted by atomic mass is 9.73. The first-order valence-electron chi connectivity index (χ1n) is 8.30. The Labute approximate surface area is 137 Å². The number of nitrogens with zero attached hydrogens (tertiary/aromatic N) is 1. The molecule has 0 amide bonds. The lowest BCUT2D eigenvalue weighted by Crippen LogP contribution is -2.31. The van der Waals surface area contributed by atoms with Crippen LogP contribution in [0.2, 0.25) is 0 Å². The summed E-state index contributed by atoms with van der Waals surface area (Å²) in [5, 5.41) is 0. The van der Waals surface area contributed by atoms with Crippen molar-refractivity contribution in [2.24, 2.45) is 0 Å². The molecule has 2 atom stereocenters. The number of ether oxygens (including phenoxy) is 2. The molecule has 1 aromatic rings. The molecule has 4 heteroatoms. The zero-order valence-corrected chi connectivity index (χ0v) is 14.0. The van der Waals surface area contributed by atoms with Crippen molar-refractivity contribution in [2.45, 2.75) is 37.1 Å². The molecule has 1 spiro atoms. The summed E-state index contributed by atoms with van der Waals surface area (Å²) in [5.74, 6) is 1.89. The maximum absolute atomic E-state index is 11.7. The first-order valence-corrected chi connectivity index (χ1v) is 8.30. The van der Waals surface area contributed by atoms with Crippen molar-refractivity contribution in [1.29, 1.82) is 0 Å². The number of hydrogen-bond donors (Lipinski definition) is 0. The van der Waals surface area contributed by atoms with Crippen molar-refractivity contribution < 1.29 is 14.3 Å². The zero-order chi connectivity index (χ0) is 16.2. The summed E-state index contributed by atoms with van der Waals surface area (Å²) in [5.41, 5.74) is 3.95. The van der Waals surface area contributed by atoms with E-state index in [9.17, 15) is 4.79 Å². The molecule has 2 aliphatic carbocycles. The van der Waals surface area contributed by atoms with Gasteiger partial charge in [0, 0.05) is 30.0 Å². The Bertz CT molecular complexity index is 709. The number of carbonyl (C=O) groups is 1. The molecule has 0 aromatic heterocycles. The zero-order valence-electron chi connectivity index (χ0n) is 14.0. The Hall–Kier alpha value is -1.81. The van der Waals surface area contributed by atoms with Crippen LogP contribution < -0.4 is 9.47 Å². The fraction of sp³-hybridized carbons (Fsp3) is 0.526. The number of carbonyl (C=O) groups excluding carboxylic acids is 1. The van der Waals surface area contributed by atoms with E-state index in [1.807, 2.05) is 0 Å². The molecule has 0 radical (unpaired) electrons. The highest BCUT2D eigenvalue weighted by Crippen LogP contribution is 2.59. The minimum Gasteiger partial charge on any atom is -0.493 e. The lowest BCUT2D eigenvalue weighted by Gasteiger charge is -2.32. The number of methoxy groups -OCH3 is 2. The van der Waals surface area contributed by atoms with Gasteiger partial charge in [0.25, 0.3) is 0 Å². The van der Waals surface area contributed by atoms with Gasteiger partial charge in [-0.05, 0) is 49.6 Å². The van der Waals surface area contributed by atoms with Gasteiger partial charge in [0.05, 0.1) is 14.2 Å². The SMILES string of the molecule is COc1cc2c3c(c1OC)C1(C=CC(=O)CC1)CC3N(C)CC2. The van der Waals surface area contributed by atoms with Crippen LogP contribution in [0.25, 0.3) is 0 Å². The second-order valence-electron chi connectivity index (χ2n) is 6.97. The van der Waals surface area contributed by atoms with Crippen molar-refractivity contribution >= 4 is 5.78 Å². The van der Waals surface area contributed by atoms with Crippen LogP contribution in [0.4, 0.5) is 0 Å². The summed E-state index contributed by atoms with van der Waals surface area (Å²) in [6.45, 7) is 1.06. The van der Waals surface area contributed by atoms with Gasteiger partial charge in [-0.25, -0.2) is 0 Å². The summed E-state index contributed by atoms with van der Waals surface area (Å²) in [6.07, 6.45) is 7.44. The van der Waals surface area contributed by atoms with Gasteiger partial charge in [-0.2, -0.15) is 0 Å². The third kappa shape index (κ3) is 1.97. The summed E-state index contributed by atoms with van der Waals surface area (Å²) < 4.78 is 11.4. The molecule has 0 N–H and O–H groups in total. The van der Waals surface area contributed by atoms with Crippen molar-refractivity contribution in [3.63, 3.8) is 0 Å². The molecule has 0 saturated heterocycles. The van der Waals surface area contributed by atoms with Gasteiger partial charge >= 0.3 is 0 Å². The Morgan fingerprint density at radius 1 is 1.26 bits per heavy atom. The summed E-state index contributed by atoms with van der Waals surface area (Å²) >= 11 is 0. The normalized spacial score (nSPS) is 29.0. The highest BCUT2D eigenvalue weighted by atomic mass is 16.5. The van der Waals surface area contributed by atoms with Gasteiger partial charge < -0.3 is 9.47 Å². The van der Waals surface area contributed by atoms with E-state index in [4.69, 9.17) is 9.47 Å². The number of likely N-dealkylation sites (N-methyl/N-ethyl adjacent to an activating group) is 1. The molecule has 0 saturated carbocycles. The maximum atomic E-state index is 11.7. The number of allylic oxidation sites excluding steroid dienone is 2. The van der Waals surface area contributed by atoms with Gasteiger partial charge in [-0.1, -0.05) is 6.08 Å². The molecule has 122 valence electrons. The second kappa shape index (κ2) is 5.10. The Morgan fingerprint density at radius 3 is 2.74 bits per heavy atom. The van der Waals surface area contributed by atoms with E-state index in [0.717, 1.165) is 37.3 Å². The van der Waals surface area contributed by atoms with Crippen molar-refractivity contribution in [2.75, 3.05) is 27.8 Å². The van der Waals surface area contributed by atoms with E-state index in [1.165, 1.54) is 16.7 Å². The minimum absolute atomic E-state index is 0.0961. The first kappa shape index (κ1) is 14.8. The van der Waals surface area contributed by atoms with E-state index in [1.54, 1.807) is 20.3 Å². The number of ketones is 1. The predicted octanol–water partition coefficient (Wildman–Crippen LogP) is 2.79. The summed E-state index contributed by atoms with van der Waals surface area (Å²) in [6, 6.07) is 2.56. The monoisotopic (exact) mass is 313 g/mol. The van der Waals surface area contributed by atoms with Gasteiger partial charge in [-0.3, -0.25) is 9.69 Å². The summed E-state index contributed by atoms with van der Waals surface area (Å²) in [7, 11) is 5.61. The molecule has 1 heterocycles. The predicted molar refractivity (Wildman–Crippen MR) is 88.3 cm³/mol. The minimum atomic E-state index is -0.0961. The second-order valence-corrected chi connectivity index (χ2v) is 6.97. The molecule has 1 aliphatic heterocycles. The molecule has 1 aromatic carbocycles. The Morgan fingerprint density at radius 2 is 2.09 bits per heavy atom. The topological polar surface area (TPSA) is 38.8 Å². The Balaban J connectivity index is 2.00. The molecular weight excluding hydrogens is 290 g/mol. The number of rotatable bonds is 2. The van der Waals surface area contributed by atoms with E-state index in [-0.39, 0.29) is 11.2 Å². The van der Waals surface area contributed by atoms with Crippen LogP contribution in [-0.4, -0.2) is 38.5 Å². The number of hydrogen-bond acceptors (Lipinski definition) is 4. The maximum Gasteiger partial charge on any atom is 0.165 e. The molecule has 4 rings (SSSR count). The Kier molecular flexibility index (Phi) is 3.27. The fourth-order valence-corrected chi connectivity index (χ4v) is 4.67. The van der Waals surface area contributed by atoms with Gasteiger partial charge in [0.2, 0.25) is 0 Å². The van der Waals surface area contributed by atoms with Crippen LogP contribution in [-0.2, 0) is 16.6 Å². The first-order chi connectivity index (χ1) is 11.1. The molecule has 23 heavy (non-hydrogen) atoms. The average Bonchev–Trinajstić information content (AvgIpc) is 2.90. The van der Waals surface area contributed by atoms with E-state index in [0.29, 0.717) is 12.5 Å². The van der Waals surface area contributed by atoms with Crippen LogP contribution in [0.1, 0.15) is 42.0 Å². The van der Waals surface area contributed by atoms with E-state index < -0.39 is 0 Å². The van der Waals surface area contributed by atoms with Crippen LogP contribution in [0, 0.1) is 0 Å². The molecule has 0 fully saturated rings. The van der Waals surface area contributed by atoms with Crippen molar-refractivity contribution in [3.05, 3.63) is 34.9 Å². The fourth-order valence-electron chi connectivity index (χ4n) is 4.67. The largest absolute Gasteiger partial charge is 0.493 e. The summed E-state index contributed by atoms with van der Waals surface area (Å²) in [4.78, 5) is 14.2. The highest BCUT2D eigenvalue weighted by molar-refractivity contribution is 5.91. The lowest BCUT2D eigenvalue weighted by molar-refractivity contribution is -0.115. The molecule has 4 nitrogen and oxygen atoms in total. The van der Waals surface area contributed by atoms with E-state index >= 15 is 0 Å². The molecular formula is C19H23NO3. The standard InChI is InChI=1S/C19H23NO3/c1-20-9-6-12-10-15(22-2)18(23-3)17-16(12)14(20)11-19(17)7-4-13(21)5-8-19/h4,7,10,14H,5-6,8-9,11H2,1-3H3. The van der Waals surface area contributed by atoms with E-state index in [2.05, 4.69) is 24.1 Å². The highest BCUT2D eigenvalue weighted by Gasteiger charge is 2.49. The van der Waals surface area contributed by atoms with Gasteiger partial charge in [-0.15, -0.1) is 0 Å². The molecule has 0 bridgehead atoms. The third-order valence-electron chi connectivity index (χ3n) is 5.86. The van der Waals surface area contributed by atoms with Crippen molar-refractivity contribution in [3.8, 4) is 11.5 Å². The van der Waals surface area contributed by atoms with Crippen LogP contribution in [0.15, 0.2) is 18.2 Å². The molecule has 3 aliphatic rings. The average molecular weight is 313 g/mol. The van der Waals surface area contributed by atoms with Crippen LogP contribution in [0.3, 0.4) is 0 Å². The quantitative estimate of drug-likeness (QED) is 0.841. The number of benzene rings is 1.